The van der Waals surface area contributed by atoms with E-state index >= 15 is 0 Å². The third-order valence-electron chi connectivity index (χ3n) is 4.20. The summed E-state index contributed by atoms with van der Waals surface area (Å²) in [5.74, 6) is -0.955. The molecule has 3 aromatic rings. The lowest BCUT2D eigenvalue weighted by atomic mass is 10.2. The summed E-state index contributed by atoms with van der Waals surface area (Å²) in [5, 5.41) is 24.4. The van der Waals surface area contributed by atoms with Gasteiger partial charge in [-0.15, -0.1) is 5.10 Å². The van der Waals surface area contributed by atoms with E-state index in [2.05, 4.69) is 20.8 Å². The van der Waals surface area contributed by atoms with E-state index < -0.39 is 16.9 Å². The number of anilines is 2. The number of rotatable bonds is 7. The molecule has 0 aliphatic rings. The summed E-state index contributed by atoms with van der Waals surface area (Å²) >= 11 is 0. The van der Waals surface area contributed by atoms with E-state index in [9.17, 15) is 19.7 Å². The molecule has 2 amide bonds. The van der Waals surface area contributed by atoms with Crippen molar-refractivity contribution in [2.45, 2.75) is 13.0 Å². The van der Waals surface area contributed by atoms with Crippen molar-refractivity contribution in [3.05, 3.63) is 58.5 Å². The molecule has 1 unspecified atom stereocenters. The molecule has 2 aromatic heterocycles. The van der Waals surface area contributed by atoms with Gasteiger partial charge in [-0.2, -0.15) is 5.10 Å². The van der Waals surface area contributed by atoms with E-state index in [0.717, 1.165) is 10.9 Å². The predicted molar refractivity (Wildman–Crippen MR) is 106 cm³/mol. The van der Waals surface area contributed by atoms with Crippen LogP contribution in [0.25, 0.3) is 0 Å². The SMILES string of the molecule is COc1nn(C(C)C(=O)Nc2ccc(NC(=O)c3ccn(C)n3)cc2)cc1[N+](=O)[O-]. The minimum atomic E-state index is -0.823. The largest absolute Gasteiger partial charge is 0.475 e. The van der Waals surface area contributed by atoms with Gasteiger partial charge in [0.2, 0.25) is 5.91 Å². The van der Waals surface area contributed by atoms with E-state index in [1.165, 1.54) is 11.8 Å². The van der Waals surface area contributed by atoms with Crippen molar-refractivity contribution in [2.24, 2.45) is 7.05 Å². The lowest BCUT2D eigenvalue weighted by Crippen LogP contribution is -2.24. The topological polar surface area (TPSA) is 146 Å². The third-order valence-corrected chi connectivity index (χ3v) is 4.20. The Morgan fingerprint density at radius 2 is 1.77 bits per heavy atom. The molecule has 2 N–H and O–H groups in total. The standard InChI is InChI=1S/C18H19N7O5/c1-11(24-10-15(25(28)29)18(22-24)30-3)16(26)19-12-4-6-13(7-5-12)20-17(27)14-8-9-23(2)21-14/h4-11H,1-3H3,(H,19,26)(H,20,27). The quantitative estimate of drug-likeness (QED) is 0.445. The molecule has 2 heterocycles. The number of nitro groups is 1. The van der Waals surface area contributed by atoms with E-state index in [-0.39, 0.29) is 23.2 Å². The summed E-state index contributed by atoms with van der Waals surface area (Å²) in [6.45, 7) is 1.55. The lowest BCUT2D eigenvalue weighted by Gasteiger charge is -2.12. The maximum absolute atomic E-state index is 12.5. The van der Waals surface area contributed by atoms with Gasteiger partial charge < -0.3 is 15.4 Å². The molecule has 0 fully saturated rings. The van der Waals surface area contributed by atoms with E-state index in [1.807, 2.05) is 0 Å². The Hall–Kier alpha value is -4.22. The monoisotopic (exact) mass is 413 g/mol. The lowest BCUT2D eigenvalue weighted by molar-refractivity contribution is -0.385. The number of aromatic nitrogens is 4. The fourth-order valence-corrected chi connectivity index (χ4v) is 2.57. The van der Waals surface area contributed by atoms with Gasteiger partial charge in [-0.25, -0.2) is 4.68 Å². The van der Waals surface area contributed by atoms with Crippen LogP contribution in [0.3, 0.4) is 0 Å². The first kappa shape index (κ1) is 20.5. The van der Waals surface area contributed by atoms with Crippen LogP contribution in [0.2, 0.25) is 0 Å². The first-order valence-electron chi connectivity index (χ1n) is 8.78. The second-order valence-electron chi connectivity index (χ2n) is 6.33. The Morgan fingerprint density at radius 1 is 1.13 bits per heavy atom. The molecule has 30 heavy (non-hydrogen) atoms. The Balaban J connectivity index is 1.64. The molecule has 0 bridgehead atoms. The summed E-state index contributed by atoms with van der Waals surface area (Å²) < 4.78 is 7.55. The van der Waals surface area contributed by atoms with Crippen LogP contribution in [0.15, 0.2) is 42.7 Å². The minimum Gasteiger partial charge on any atom is -0.475 e. The zero-order chi connectivity index (χ0) is 21.8. The van der Waals surface area contributed by atoms with Crippen molar-refractivity contribution in [3.63, 3.8) is 0 Å². The Bertz CT molecular complexity index is 1090. The average Bonchev–Trinajstić information content (AvgIpc) is 3.35. The number of ether oxygens (including phenoxy) is 1. The van der Waals surface area contributed by atoms with Gasteiger partial charge in [0.15, 0.2) is 5.69 Å². The van der Waals surface area contributed by atoms with Gasteiger partial charge in [-0.1, -0.05) is 0 Å². The highest BCUT2D eigenvalue weighted by Crippen LogP contribution is 2.26. The van der Waals surface area contributed by atoms with Crippen LogP contribution in [0.5, 0.6) is 5.88 Å². The molecule has 0 saturated heterocycles. The number of hydrogen-bond donors (Lipinski definition) is 2. The molecule has 12 heteroatoms. The third kappa shape index (κ3) is 4.43. The molecule has 156 valence electrons. The zero-order valence-electron chi connectivity index (χ0n) is 16.4. The van der Waals surface area contributed by atoms with E-state index in [1.54, 1.807) is 50.5 Å². The summed E-state index contributed by atoms with van der Waals surface area (Å²) in [7, 11) is 2.98. The van der Waals surface area contributed by atoms with Crippen molar-refractivity contribution in [2.75, 3.05) is 17.7 Å². The molecule has 3 rings (SSSR count). The van der Waals surface area contributed by atoms with Gasteiger partial charge in [0, 0.05) is 24.6 Å². The highest BCUT2D eigenvalue weighted by molar-refractivity contribution is 6.03. The minimum absolute atomic E-state index is 0.173. The first-order chi connectivity index (χ1) is 14.3. The summed E-state index contributed by atoms with van der Waals surface area (Å²) in [5.41, 5.74) is 0.970. The van der Waals surface area contributed by atoms with Gasteiger partial charge in [0.25, 0.3) is 5.91 Å². The first-order valence-corrected chi connectivity index (χ1v) is 8.78. The number of hydrogen-bond acceptors (Lipinski definition) is 7. The van der Waals surface area contributed by atoms with Crippen molar-refractivity contribution in [3.8, 4) is 5.88 Å². The maximum atomic E-state index is 12.5. The number of benzene rings is 1. The molecule has 0 radical (unpaired) electrons. The number of aryl methyl sites for hydroxylation is 1. The van der Waals surface area contributed by atoms with Crippen LogP contribution < -0.4 is 15.4 Å². The highest BCUT2D eigenvalue weighted by Gasteiger charge is 2.25. The molecular formula is C18H19N7O5. The van der Waals surface area contributed by atoms with Crippen molar-refractivity contribution >= 4 is 28.9 Å². The second kappa shape index (κ2) is 8.43. The van der Waals surface area contributed by atoms with Gasteiger partial charge in [0.05, 0.1) is 12.0 Å². The molecule has 0 spiro atoms. The number of carbonyl (C=O) groups excluding carboxylic acids is 2. The van der Waals surface area contributed by atoms with Crippen molar-refractivity contribution in [1.29, 1.82) is 0 Å². The van der Waals surface area contributed by atoms with Crippen molar-refractivity contribution in [1.82, 2.24) is 19.6 Å². The Morgan fingerprint density at radius 3 is 2.27 bits per heavy atom. The molecule has 12 nitrogen and oxygen atoms in total. The normalized spacial score (nSPS) is 11.6. The van der Waals surface area contributed by atoms with E-state index in [0.29, 0.717) is 11.4 Å². The van der Waals surface area contributed by atoms with E-state index in [4.69, 9.17) is 4.74 Å². The number of methoxy groups -OCH3 is 1. The molecule has 0 saturated carbocycles. The van der Waals surface area contributed by atoms with Crippen LogP contribution in [0.1, 0.15) is 23.5 Å². The van der Waals surface area contributed by atoms with Crippen molar-refractivity contribution < 1.29 is 19.2 Å². The van der Waals surface area contributed by atoms with Gasteiger partial charge in [-0.05, 0) is 37.3 Å². The number of nitrogens with one attached hydrogen (secondary N) is 2. The van der Waals surface area contributed by atoms with Gasteiger partial charge in [-0.3, -0.25) is 24.4 Å². The molecular weight excluding hydrogens is 394 g/mol. The van der Waals surface area contributed by atoms with Crippen LogP contribution in [-0.4, -0.2) is 43.4 Å². The Kier molecular flexibility index (Phi) is 5.76. The number of amides is 2. The average molecular weight is 413 g/mol. The van der Waals surface area contributed by atoms with Crippen LogP contribution in [0.4, 0.5) is 17.1 Å². The molecule has 1 atom stereocenters. The smallest absolute Gasteiger partial charge is 0.350 e. The summed E-state index contributed by atoms with van der Waals surface area (Å²) in [6.07, 6.45) is 2.80. The van der Waals surface area contributed by atoms with Crippen LogP contribution >= 0.6 is 0 Å². The van der Waals surface area contributed by atoms with Gasteiger partial charge >= 0.3 is 11.6 Å². The Labute approximate surface area is 170 Å². The zero-order valence-corrected chi connectivity index (χ0v) is 16.4. The fraction of sp³-hybridized carbons (Fsp3) is 0.222. The van der Waals surface area contributed by atoms with Crippen LogP contribution in [0, 0.1) is 10.1 Å². The molecule has 0 aliphatic carbocycles. The maximum Gasteiger partial charge on any atom is 0.350 e. The number of nitrogens with zero attached hydrogens (tertiary/aromatic N) is 5. The number of carbonyl (C=O) groups is 2. The summed E-state index contributed by atoms with van der Waals surface area (Å²) in [4.78, 5) is 35.0. The van der Waals surface area contributed by atoms with Gasteiger partial charge in [0.1, 0.15) is 12.2 Å². The second-order valence-corrected chi connectivity index (χ2v) is 6.33. The molecule has 0 aliphatic heterocycles. The summed E-state index contributed by atoms with van der Waals surface area (Å²) in [6, 6.07) is 7.26. The molecule has 1 aromatic carbocycles. The highest BCUT2D eigenvalue weighted by atomic mass is 16.6. The predicted octanol–water partition coefficient (Wildman–Crippen LogP) is 1.99. The van der Waals surface area contributed by atoms with Crippen LogP contribution in [-0.2, 0) is 11.8 Å². The fourth-order valence-electron chi connectivity index (χ4n) is 2.57.